The topological polar surface area (TPSA) is 129 Å². The van der Waals surface area contributed by atoms with Crippen molar-refractivity contribution >= 4 is 16.8 Å². The van der Waals surface area contributed by atoms with Gasteiger partial charge in [0.25, 0.3) is 5.91 Å². The Hall–Kier alpha value is -3.78. The van der Waals surface area contributed by atoms with Crippen molar-refractivity contribution in [2.24, 2.45) is 5.73 Å². The number of carbonyl (C=O) groups is 1. The maximum Gasteiger partial charge on any atom is 0.328 e. The molecule has 0 fully saturated rings. The molecule has 0 aliphatic rings. The summed E-state index contributed by atoms with van der Waals surface area (Å²) < 4.78 is 1.27. The van der Waals surface area contributed by atoms with Gasteiger partial charge >= 0.3 is 5.69 Å². The van der Waals surface area contributed by atoms with Gasteiger partial charge < -0.3 is 26.1 Å². The highest BCUT2D eigenvalue weighted by Crippen LogP contribution is 2.27. The fraction of sp³-hybridized carbons (Fsp3) is 0.250. The molecule has 4 rings (SSSR count). The second-order valence-corrected chi connectivity index (χ2v) is 8.04. The lowest BCUT2D eigenvalue weighted by molar-refractivity contribution is 0.0963. The SMILES string of the molecule is CNC(=O)c1cccc(Cn2c(O)c(Cc3ccc4[nH]cc(C(C)CN)c4c3)[nH]c2=O)c1. The summed E-state index contributed by atoms with van der Waals surface area (Å²) in [5.74, 6) is -0.0921. The number of rotatable bonds is 7. The summed E-state index contributed by atoms with van der Waals surface area (Å²) in [5.41, 5.74) is 10.3. The number of amides is 1. The number of nitrogens with one attached hydrogen (secondary N) is 3. The molecule has 0 saturated carbocycles. The van der Waals surface area contributed by atoms with Crippen LogP contribution in [0.3, 0.4) is 0 Å². The molecule has 0 aliphatic carbocycles. The number of H-pyrrole nitrogens is 2. The fourth-order valence-electron chi connectivity index (χ4n) is 3.96. The van der Waals surface area contributed by atoms with Crippen molar-refractivity contribution in [3.63, 3.8) is 0 Å². The molecule has 2 aromatic carbocycles. The van der Waals surface area contributed by atoms with E-state index in [1.807, 2.05) is 24.4 Å². The lowest BCUT2D eigenvalue weighted by Gasteiger charge is -2.08. The zero-order chi connectivity index (χ0) is 22.8. The number of carbonyl (C=O) groups excluding carboxylic acids is 1. The minimum absolute atomic E-state index is 0.106. The highest BCUT2D eigenvalue weighted by molar-refractivity contribution is 5.94. The number of hydrogen-bond acceptors (Lipinski definition) is 4. The Balaban J connectivity index is 1.61. The first-order chi connectivity index (χ1) is 15.4. The van der Waals surface area contributed by atoms with Crippen molar-refractivity contribution in [2.75, 3.05) is 13.6 Å². The van der Waals surface area contributed by atoms with E-state index >= 15 is 0 Å². The number of nitrogens with two attached hydrogens (primary N) is 1. The highest BCUT2D eigenvalue weighted by Gasteiger charge is 2.16. The molecule has 0 aliphatic heterocycles. The van der Waals surface area contributed by atoms with E-state index in [2.05, 4.69) is 28.3 Å². The largest absolute Gasteiger partial charge is 0.493 e. The van der Waals surface area contributed by atoms with Crippen LogP contribution in [-0.2, 0) is 13.0 Å². The number of aromatic hydroxyl groups is 1. The molecule has 1 unspecified atom stereocenters. The monoisotopic (exact) mass is 433 g/mol. The number of nitrogens with zero attached hydrogens (tertiary/aromatic N) is 1. The minimum Gasteiger partial charge on any atom is -0.493 e. The van der Waals surface area contributed by atoms with E-state index in [0.717, 1.165) is 27.6 Å². The Bertz CT molecular complexity index is 1330. The molecule has 8 nitrogen and oxygen atoms in total. The van der Waals surface area contributed by atoms with Crippen LogP contribution in [0.15, 0.2) is 53.5 Å². The van der Waals surface area contributed by atoms with Gasteiger partial charge in [0.2, 0.25) is 5.88 Å². The summed E-state index contributed by atoms with van der Waals surface area (Å²) in [6, 6.07) is 13.0. The molecule has 1 amide bonds. The third kappa shape index (κ3) is 4.04. The van der Waals surface area contributed by atoms with Crippen LogP contribution >= 0.6 is 0 Å². The van der Waals surface area contributed by atoms with Crippen LogP contribution in [0.5, 0.6) is 5.88 Å². The Morgan fingerprint density at radius 3 is 2.78 bits per heavy atom. The van der Waals surface area contributed by atoms with Crippen molar-refractivity contribution in [3.8, 4) is 5.88 Å². The summed E-state index contributed by atoms with van der Waals surface area (Å²) in [6.07, 6.45) is 2.36. The molecule has 6 N–H and O–H groups in total. The molecule has 4 aromatic rings. The Labute approximate surface area is 185 Å². The molecular formula is C24H27N5O3. The molecule has 166 valence electrons. The average molecular weight is 434 g/mol. The molecule has 2 heterocycles. The van der Waals surface area contributed by atoms with Crippen molar-refractivity contribution in [1.82, 2.24) is 19.9 Å². The van der Waals surface area contributed by atoms with Gasteiger partial charge in [-0.25, -0.2) is 4.79 Å². The van der Waals surface area contributed by atoms with Gasteiger partial charge in [0.05, 0.1) is 12.2 Å². The second-order valence-electron chi connectivity index (χ2n) is 8.04. The molecule has 0 radical (unpaired) electrons. The van der Waals surface area contributed by atoms with E-state index < -0.39 is 5.69 Å². The molecule has 1 atom stereocenters. The summed E-state index contributed by atoms with van der Waals surface area (Å²) >= 11 is 0. The zero-order valence-corrected chi connectivity index (χ0v) is 18.1. The molecule has 0 bridgehead atoms. The first kappa shape index (κ1) is 21.5. The average Bonchev–Trinajstić information content (AvgIpc) is 3.34. The van der Waals surface area contributed by atoms with Crippen molar-refractivity contribution in [1.29, 1.82) is 0 Å². The van der Waals surface area contributed by atoms with Gasteiger partial charge in [-0.3, -0.25) is 9.36 Å². The predicted molar refractivity (Wildman–Crippen MR) is 124 cm³/mol. The number of hydrogen-bond donors (Lipinski definition) is 5. The Morgan fingerprint density at radius 1 is 1.22 bits per heavy atom. The van der Waals surface area contributed by atoms with Gasteiger partial charge in [-0.1, -0.05) is 25.1 Å². The minimum atomic E-state index is -0.400. The van der Waals surface area contributed by atoms with Crippen LogP contribution < -0.4 is 16.7 Å². The van der Waals surface area contributed by atoms with E-state index in [-0.39, 0.29) is 24.2 Å². The van der Waals surface area contributed by atoms with E-state index in [4.69, 9.17) is 5.73 Å². The van der Waals surface area contributed by atoms with Crippen LogP contribution in [0.2, 0.25) is 0 Å². The Kier molecular flexibility index (Phi) is 5.87. The van der Waals surface area contributed by atoms with Crippen molar-refractivity contribution in [3.05, 3.63) is 87.1 Å². The molecular weight excluding hydrogens is 406 g/mol. The van der Waals surface area contributed by atoms with Gasteiger partial charge in [-0.2, -0.15) is 0 Å². The van der Waals surface area contributed by atoms with Crippen LogP contribution in [0.1, 0.15) is 45.6 Å². The predicted octanol–water partition coefficient (Wildman–Crippen LogP) is 2.42. The fourth-order valence-corrected chi connectivity index (χ4v) is 3.96. The van der Waals surface area contributed by atoms with E-state index in [9.17, 15) is 14.7 Å². The van der Waals surface area contributed by atoms with Gasteiger partial charge in [-0.15, -0.1) is 0 Å². The number of aromatic nitrogens is 3. The van der Waals surface area contributed by atoms with E-state index in [1.54, 1.807) is 25.2 Å². The third-order valence-electron chi connectivity index (χ3n) is 5.83. The molecule has 8 heteroatoms. The number of fused-ring (bicyclic) bond motifs is 1. The van der Waals surface area contributed by atoms with Gasteiger partial charge in [-0.05, 0) is 53.4 Å². The first-order valence-electron chi connectivity index (χ1n) is 10.5. The van der Waals surface area contributed by atoms with Gasteiger partial charge in [0, 0.05) is 36.1 Å². The number of imidazole rings is 1. The lowest BCUT2D eigenvalue weighted by Crippen LogP contribution is -2.19. The molecule has 2 aromatic heterocycles. The van der Waals surface area contributed by atoms with Crippen molar-refractivity contribution in [2.45, 2.75) is 25.8 Å². The highest BCUT2D eigenvalue weighted by atomic mass is 16.3. The van der Waals surface area contributed by atoms with E-state index in [1.165, 1.54) is 4.57 Å². The van der Waals surface area contributed by atoms with Crippen LogP contribution in [-0.4, -0.2) is 39.1 Å². The van der Waals surface area contributed by atoms with Crippen molar-refractivity contribution < 1.29 is 9.90 Å². The first-order valence-corrected chi connectivity index (χ1v) is 10.5. The number of aromatic amines is 2. The quantitative estimate of drug-likeness (QED) is 0.306. The van der Waals surface area contributed by atoms with Crippen LogP contribution in [0, 0.1) is 0 Å². The molecule has 32 heavy (non-hydrogen) atoms. The molecule has 0 saturated heterocycles. The molecule has 0 spiro atoms. The summed E-state index contributed by atoms with van der Waals surface area (Å²) in [5, 5.41) is 14.4. The maximum absolute atomic E-state index is 12.5. The Morgan fingerprint density at radius 2 is 2.03 bits per heavy atom. The van der Waals surface area contributed by atoms with Gasteiger partial charge in [0.15, 0.2) is 0 Å². The maximum atomic E-state index is 12.5. The summed E-state index contributed by atoms with van der Waals surface area (Å²) in [7, 11) is 1.56. The number of benzene rings is 2. The normalized spacial score (nSPS) is 12.2. The second kappa shape index (κ2) is 8.76. The van der Waals surface area contributed by atoms with E-state index in [0.29, 0.717) is 24.2 Å². The van der Waals surface area contributed by atoms with Crippen LogP contribution in [0.4, 0.5) is 0 Å². The zero-order valence-electron chi connectivity index (χ0n) is 18.1. The van der Waals surface area contributed by atoms with Gasteiger partial charge in [0.1, 0.15) is 0 Å². The lowest BCUT2D eigenvalue weighted by atomic mass is 9.98. The summed E-state index contributed by atoms with van der Waals surface area (Å²) in [6.45, 7) is 2.79. The van der Waals surface area contributed by atoms with Crippen LogP contribution in [0.25, 0.3) is 10.9 Å². The summed E-state index contributed by atoms with van der Waals surface area (Å²) in [4.78, 5) is 30.4. The third-order valence-corrected chi connectivity index (χ3v) is 5.83. The standard InChI is InChI=1S/C24H27N5O3/c1-14(11-25)19-12-27-20-7-6-15(9-18(19)20)10-21-23(31)29(24(32)28-21)13-16-4-3-5-17(8-16)22(30)26-2/h3-9,12,14,27,31H,10-11,13,25H2,1-2H3,(H,26,30)(H,28,32). The smallest absolute Gasteiger partial charge is 0.328 e.